The number of hydrogen-bond donors (Lipinski definition) is 2. The van der Waals surface area contributed by atoms with Gasteiger partial charge >= 0.3 is 0 Å². The highest BCUT2D eigenvalue weighted by Crippen LogP contribution is 2.29. The molecule has 1 saturated heterocycles. The summed E-state index contributed by atoms with van der Waals surface area (Å²) >= 11 is 0. The topological polar surface area (TPSA) is 49.5 Å². The van der Waals surface area contributed by atoms with Crippen LogP contribution in [-0.2, 0) is 6.54 Å². The average Bonchev–Trinajstić information content (AvgIpc) is 2.84. The predicted octanol–water partition coefficient (Wildman–Crippen LogP) is 2.20. The second-order valence-corrected chi connectivity index (χ2v) is 5.17. The molecule has 0 bridgehead atoms. The van der Waals surface area contributed by atoms with Gasteiger partial charge in [0.15, 0.2) is 0 Å². The van der Waals surface area contributed by atoms with E-state index in [1.807, 2.05) is 0 Å². The van der Waals surface area contributed by atoms with E-state index in [1.54, 1.807) is 0 Å². The van der Waals surface area contributed by atoms with Gasteiger partial charge in [0.1, 0.15) is 0 Å². The summed E-state index contributed by atoms with van der Waals surface area (Å²) in [7, 11) is 0. The highest BCUT2D eigenvalue weighted by molar-refractivity contribution is 5.52. The molecule has 1 heterocycles. The molecule has 0 spiro atoms. The fraction of sp³-hybridized carbons (Fsp3) is 0.600. The lowest BCUT2D eigenvalue weighted by molar-refractivity contribution is 0.279. The van der Waals surface area contributed by atoms with Crippen molar-refractivity contribution in [1.82, 2.24) is 0 Å². The van der Waals surface area contributed by atoms with Crippen LogP contribution in [0.25, 0.3) is 0 Å². The van der Waals surface area contributed by atoms with E-state index in [-0.39, 0.29) is 0 Å². The molecule has 3 nitrogen and oxygen atoms in total. The van der Waals surface area contributed by atoms with Gasteiger partial charge in [0.05, 0.1) is 0 Å². The summed E-state index contributed by atoms with van der Waals surface area (Å²) in [4.78, 5) is 2.49. The first-order valence-electron chi connectivity index (χ1n) is 6.93. The van der Waals surface area contributed by atoms with Crippen molar-refractivity contribution < 1.29 is 5.11 Å². The zero-order valence-corrected chi connectivity index (χ0v) is 11.2. The lowest BCUT2D eigenvalue weighted by atomic mass is 10.1. The fourth-order valence-electron chi connectivity index (χ4n) is 2.89. The molecule has 0 saturated carbocycles. The van der Waals surface area contributed by atoms with Crippen molar-refractivity contribution in [3.8, 4) is 0 Å². The molecule has 1 aliphatic rings. The lowest BCUT2D eigenvalue weighted by Gasteiger charge is -2.27. The smallest absolute Gasteiger partial charge is 0.0431 e. The van der Waals surface area contributed by atoms with Crippen molar-refractivity contribution in [2.45, 2.75) is 45.2 Å². The van der Waals surface area contributed by atoms with Gasteiger partial charge in [-0.2, -0.15) is 0 Å². The van der Waals surface area contributed by atoms with Crippen LogP contribution in [0.2, 0.25) is 0 Å². The SMILES string of the molecule is Cc1cc(N2CCCC2CCCO)ccc1CN. The van der Waals surface area contributed by atoms with Crippen molar-refractivity contribution >= 4 is 5.69 Å². The maximum atomic E-state index is 8.96. The maximum absolute atomic E-state index is 8.96. The minimum absolute atomic E-state index is 0.301. The molecule has 0 aliphatic carbocycles. The molecule has 18 heavy (non-hydrogen) atoms. The first-order chi connectivity index (χ1) is 8.76. The van der Waals surface area contributed by atoms with E-state index in [9.17, 15) is 0 Å². The first kappa shape index (κ1) is 13.4. The van der Waals surface area contributed by atoms with Crippen molar-refractivity contribution in [1.29, 1.82) is 0 Å². The average molecular weight is 248 g/mol. The molecule has 0 amide bonds. The quantitative estimate of drug-likeness (QED) is 0.840. The Morgan fingerprint density at radius 1 is 1.44 bits per heavy atom. The third-order valence-electron chi connectivity index (χ3n) is 3.95. The Bertz CT molecular complexity index is 392. The van der Waals surface area contributed by atoms with Crippen LogP contribution < -0.4 is 10.6 Å². The van der Waals surface area contributed by atoms with Crippen LogP contribution in [-0.4, -0.2) is 24.3 Å². The molecule has 100 valence electrons. The fourth-order valence-corrected chi connectivity index (χ4v) is 2.89. The predicted molar refractivity (Wildman–Crippen MR) is 75.8 cm³/mol. The molecular weight excluding hydrogens is 224 g/mol. The number of aliphatic hydroxyl groups is 1. The molecular formula is C15H24N2O. The number of hydrogen-bond acceptors (Lipinski definition) is 3. The number of nitrogens with zero attached hydrogens (tertiary/aromatic N) is 1. The van der Waals surface area contributed by atoms with E-state index in [1.165, 1.54) is 29.7 Å². The zero-order valence-electron chi connectivity index (χ0n) is 11.2. The number of anilines is 1. The summed E-state index contributed by atoms with van der Waals surface area (Å²) in [5.74, 6) is 0. The third-order valence-corrected chi connectivity index (χ3v) is 3.95. The van der Waals surface area contributed by atoms with Crippen molar-refractivity contribution in [3.05, 3.63) is 29.3 Å². The van der Waals surface area contributed by atoms with E-state index in [2.05, 4.69) is 30.0 Å². The summed E-state index contributed by atoms with van der Waals surface area (Å²) in [5, 5.41) is 8.96. The number of aryl methyl sites for hydroxylation is 1. The van der Waals surface area contributed by atoms with E-state index in [0.29, 0.717) is 19.2 Å². The molecule has 3 N–H and O–H groups in total. The largest absolute Gasteiger partial charge is 0.396 e. The highest BCUT2D eigenvalue weighted by Gasteiger charge is 2.24. The molecule has 3 heteroatoms. The Labute approximate surface area is 110 Å². The molecule has 0 radical (unpaired) electrons. The monoisotopic (exact) mass is 248 g/mol. The van der Waals surface area contributed by atoms with E-state index >= 15 is 0 Å². The summed E-state index contributed by atoms with van der Waals surface area (Å²) in [6, 6.07) is 7.18. The van der Waals surface area contributed by atoms with Crippen LogP contribution >= 0.6 is 0 Å². The van der Waals surface area contributed by atoms with Crippen LogP contribution in [0.15, 0.2) is 18.2 Å². The van der Waals surface area contributed by atoms with Gasteiger partial charge in [-0.15, -0.1) is 0 Å². The number of nitrogens with two attached hydrogens (primary N) is 1. The van der Waals surface area contributed by atoms with Crippen molar-refractivity contribution in [2.75, 3.05) is 18.1 Å². The van der Waals surface area contributed by atoms with Crippen LogP contribution in [0.1, 0.15) is 36.8 Å². The second-order valence-electron chi connectivity index (χ2n) is 5.17. The molecule has 0 aromatic heterocycles. The molecule has 1 aromatic rings. The van der Waals surface area contributed by atoms with Gasteiger partial charge in [0, 0.05) is 31.4 Å². The maximum Gasteiger partial charge on any atom is 0.0431 e. The van der Waals surface area contributed by atoms with Gasteiger partial charge in [-0.3, -0.25) is 0 Å². The third kappa shape index (κ3) is 2.85. The van der Waals surface area contributed by atoms with E-state index < -0.39 is 0 Å². The molecule has 1 fully saturated rings. The van der Waals surface area contributed by atoms with Crippen LogP contribution in [0.3, 0.4) is 0 Å². The van der Waals surface area contributed by atoms with Crippen molar-refractivity contribution in [3.63, 3.8) is 0 Å². The standard InChI is InChI=1S/C15H24N2O/c1-12-10-15(7-6-13(12)11-16)17-8-2-4-14(17)5-3-9-18/h6-7,10,14,18H,2-5,8-9,11,16H2,1H3. The molecule has 1 aromatic carbocycles. The first-order valence-corrected chi connectivity index (χ1v) is 6.93. The molecule has 1 aliphatic heterocycles. The number of aliphatic hydroxyl groups excluding tert-OH is 1. The minimum atomic E-state index is 0.301. The van der Waals surface area contributed by atoms with Gasteiger partial charge in [-0.05, 0) is 55.9 Å². The summed E-state index contributed by atoms with van der Waals surface area (Å²) < 4.78 is 0. The van der Waals surface area contributed by atoms with Gasteiger partial charge in [-0.1, -0.05) is 6.07 Å². The van der Waals surface area contributed by atoms with Gasteiger partial charge < -0.3 is 15.7 Å². The van der Waals surface area contributed by atoms with E-state index in [4.69, 9.17) is 10.8 Å². The lowest BCUT2D eigenvalue weighted by Crippen LogP contribution is -2.29. The Morgan fingerprint density at radius 2 is 2.28 bits per heavy atom. The molecule has 2 rings (SSSR count). The Balaban J connectivity index is 2.12. The summed E-state index contributed by atoms with van der Waals surface area (Å²) in [6.45, 7) is 4.18. The Hall–Kier alpha value is -1.06. The van der Waals surface area contributed by atoms with Crippen LogP contribution in [0.5, 0.6) is 0 Å². The van der Waals surface area contributed by atoms with Gasteiger partial charge in [-0.25, -0.2) is 0 Å². The van der Waals surface area contributed by atoms with Gasteiger partial charge in [0.25, 0.3) is 0 Å². The molecule has 1 atom stereocenters. The molecule has 1 unspecified atom stereocenters. The van der Waals surface area contributed by atoms with Crippen molar-refractivity contribution in [2.24, 2.45) is 5.73 Å². The van der Waals surface area contributed by atoms with Crippen LogP contribution in [0, 0.1) is 6.92 Å². The second kappa shape index (κ2) is 6.21. The normalized spacial score (nSPS) is 19.5. The number of rotatable bonds is 5. The number of benzene rings is 1. The highest BCUT2D eigenvalue weighted by atomic mass is 16.2. The summed E-state index contributed by atoms with van der Waals surface area (Å²) in [5.41, 5.74) is 9.52. The van der Waals surface area contributed by atoms with E-state index in [0.717, 1.165) is 19.4 Å². The Kier molecular flexibility index (Phi) is 4.61. The van der Waals surface area contributed by atoms with Gasteiger partial charge in [0.2, 0.25) is 0 Å². The minimum Gasteiger partial charge on any atom is -0.396 e. The van der Waals surface area contributed by atoms with Crippen LogP contribution in [0.4, 0.5) is 5.69 Å². The summed E-state index contributed by atoms with van der Waals surface area (Å²) in [6.07, 6.45) is 4.50. The Morgan fingerprint density at radius 3 is 2.94 bits per heavy atom. The zero-order chi connectivity index (χ0) is 13.0.